The molecule has 1 aliphatic heterocycles. The average molecular weight is 587 g/mol. The fraction of sp³-hybridized carbons (Fsp3) is 0.278. The molecule has 8 nitrogen and oxygen atoms in total. The van der Waals surface area contributed by atoms with Gasteiger partial charge in [0.05, 0.1) is 22.4 Å². The summed E-state index contributed by atoms with van der Waals surface area (Å²) in [5.74, 6) is 0.877. The molecule has 0 spiro atoms. The summed E-state index contributed by atoms with van der Waals surface area (Å²) >= 11 is 0. The Morgan fingerprint density at radius 2 is 1.55 bits per heavy atom. The number of ketones is 1. The van der Waals surface area contributed by atoms with Gasteiger partial charge in [0.15, 0.2) is 5.78 Å². The summed E-state index contributed by atoms with van der Waals surface area (Å²) in [7, 11) is 8.01. The van der Waals surface area contributed by atoms with Crippen molar-refractivity contribution in [2.45, 2.75) is 19.3 Å². The fourth-order valence-electron chi connectivity index (χ4n) is 5.60. The summed E-state index contributed by atoms with van der Waals surface area (Å²) < 4.78 is 0. The van der Waals surface area contributed by atoms with Crippen LogP contribution in [0, 0.1) is 0 Å². The van der Waals surface area contributed by atoms with E-state index in [0.29, 0.717) is 30.5 Å². The van der Waals surface area contributed by atoms with Crippen LogP contribution in [-0.4, -0.2) is 85.0 Å². The fourth-order valence-corrected chi connectivity index (χ4v) is 5.60. The smallest absolute Gasteiger partial charge is 0.251 e. The molecule has 0 aliphatic carbocycles. The van der Waals surface area contributed by atoms with Crippen molar-refractivity contribution in [1.29, 1.82) is 0 Å². The van der Waals surface area contributed by atoms with Crippen LogP contribution in [0.15, 0.2) is 77.8 Å². The van der Waals surface area contributed by atoms with Gasteiger partial charge in [-0.15, -0.1) is 0 Å². The standard InChI is InChI=1S/C36H38N6O2/c1-41(2)16-5-6-34(43)26-11-14-31-33(21-26)40-35(39-31)27-10-8-23-18-25(9-7-24(23)19-27)32-22-29-20-28(12-13-30(29)38-32)36(44)37-15-17-42(3)4/h7-14,18-21H,5-6,15-17,22H2,1-4H3,(H,37,44)(H,39,40). The van der Waals surface area contributed by atoms with Crippen LogP contribution in [0.1, 0.15) is 44.7 Å². The number of carbonyl (C=O) groups excluding carboxylic acids is 2. The zero-order valence-electron chi connectivity index (χ0n) is 25.8. The molecule has 1 aliphatic rings. The Morgan fingerprint density at radius 3 is 2.32 bits per heavy atom. The number of H-pyrrole nitrogens is 1. The summed E-state index contributed by atoms with van der Waals surface area (Å²) in [5.41, 5.74) is 8.14. The van der Waals surface area contributed by atoms with Crippen LogP contribution in [-0.2, 0) is 6.42 Å². The topological polar surface area (TPSA) is 93.7 Å². The van der Waals surface area contributed by atoms with E-state index in [1.54, 1.807) is 0 Å². The van der Waals surface area contributed by atoms with E-state index in [1.807, 2.05) is 69.5 Å². The van der Waals surface area contributed by atoms with E-state index in [1.165, 1.54) is 0 Å². The van der Waals surface area contributed by atoms with Gasteiger partial charge < -0.3 is 20.1 Å². The highest BCUT2D eigenvalue weighted by atomic mass is 16.1. The number of nitrogens with zero attached hydrogens (tertiary/aromatic N) is 4. The molecule has 1 aromatic heterocycles. The highest BCUT2D eigenvalue weighted by Crippen LogP contribution is 2.32. The van der Waals surface area contributed by atoms with Gasteiger partial charge in [-0.25, -0.2) is 4.98 Å². The SMILES string of the molecule is CN(C)CCCC(=O)c1ccc2nc(-c3ccc4cc(C5=Nc6ccc(C(=O)NCCN(C)C)cc6C5)ccc4c3)[nH]c2c1. The molecular formula is C36H38N6O2. The first-order valence-electron chi connectivity index (χ1n) is 15.1. The number of fused-ring (bicyclic) bond motifs is 3. The summed E-state index contributed by atoms with van der Waals surface area (Å²) in [5, 5.41) is 5.21. The van der Waals surface area contributed by atoms with Gasteiger partial charge in [-0.05, 0) is 112 Å². The van der Waals surface area contributed by atoms with Gasteiger partial charge >= 0.3 is 0 Å². The summed E-state index contributed by atoms with van der Waals surface area (Å²) in [6.45, 7) is 2.30. The first kappa shape index (κ1) is 29.4. The molecule has 0 atom stereocenters. The average Bonchev–Trinajstić information content (AvgIpc) is 3.64. The van der Waals surface area contributed by atoms with Gasteiger partial charge in [-0.2, -0.15) is 0 Å². The van der Waals surface area contributed by atoms with E-state index in [0.717, 1.165) is 75.2 Å². The predicted molar refractivity (Wildman–Crippen MR) is 178 cm³/mol. The van der Waals surface area contributed by atoms with Crippen molar-refractivity contribution in [3.05, 3.63) is 95.1 Å². The molecule has 2 heterocycles. The number of imidazole rings is 1. The zero-order chi connectivity index (χ0) is 30.8. The minimum absolute atomic E-state index is 0.0568. The second-order valence-corrected chi connectivity index (χ2v) is 12.1. The van der Waals surface area contributed by atoms with E-state index in [2.05, 4.69) is 51.6 Å². The third-order valence-electron chi connectivity index (χ3n) is 8.06. The maximum absolute atomic E-state index is 12.7. The van der Waals surface area contributed by atoms with Gasteiger partial charge in [0, 0.05) is 42.6 Å². The van der Waals surface area contributed by atoms with E-state index < -0.39 is 0 Å². The van der Waals surface area contributed by atoms with Gasteiger partial charge in [-0.1, -0.05) is 24.3 Å². The molecule has 5 aromatic rings. The lowest BCUT2D eigenvalue weighted by Gasteiger charge is -2.10. The maximum atomic E-state index is 12.7. The Labute approximate surface area is 257 Å². The monoisotopic (exact) mass is 586 g/mol. The number of aromatic amines is 1. The van der Waals surface area contributed by atoms with Gasteiger partial charge in [0.1, 0.15) is 5.82 Å². The molecule has 4 aromatic carbocycles. The molecule has 0 fully saturated rings. The van der Waals surface area contributed by atoms with E-state index in [4.69, 9.17) is 9.98 Å². The second kappa shape index (κ2) is 12.5. The lowest BCUT2D eigenvalue weighted by Crippen LogP contribution is -2.31. The van der Waals surface area contributed by atoms with Crippen molar-refractivity contribution >= 4 is 44.9 Å². The molecule has 44 heavy (non-hydrogen) atoms. The molecule has 0 unspecified atom stereocenters. The van der Waals surface area contributed by atoms with Crippen LogP contribution < -0.4 is 5.32 Å². The van der Waals surface area contributed by atoms with Crippen LogP contribution >= 0.6 is 0 Å². The number of Topliss-reactive ketones (excluding diaryl/α,β-unsaturated/α-hetero) is 1. The Morgan fingerprint density at radius 1 is 0.818 bits per heavy atom. The third kappa shape index (κ3) is 6.46. The Bertz CT molecular complexity index is 1900. The first-order chi connectivity index (χ1) is 21.2. The highest BCUT2D eigenvalue weighted by Gasteiger charge is 2.19. The van der Waals surface area contributed by atoms with Crippen molar-refractivity contribution in [2.24, 2.45) is 4.99 Å². The minimum Gasteiger partial charge on any atom is -0.351 e. The summed E-state index contributed by atoms with van der Waals surface area (Å²) in [6.07, 6.45) is 2.07. The molecular weight excluding hydrogens is 548 g/mol. The minimum atomic E-state index is -0.0568. The number of nitrogens with one attached hydrogen (secondary N) is 2. The molecule has 8 heteroatoms. The maximum Gasteiger partial charge on any atom is 0.251 e. The highest BCUT2D eigenvalue weighted by molar-refractivity contribution is 6.09. The van der Waals surface area contributed by atoms with Gasteiger partial charge in [0.2, 0.25) is 0 Å². The van der Waals surface area contributed by atoms with Crippen molar-refractivity contribution in [3.63, 3.8) is 0 Å². The number of aromatic nitrogens is 2. The summed E-state index contributed by atoms with van der Waals surface area (Å²) in [4.78, 5) is 42.5. The first-order valence-corrected chi connectivity index (χ1v) is 15.1. The lowest BCUT2D eigenvalue weighted by atomic mass is 9.99. The van der Waals surface area contributed by atoms with E-state index in [9.17, 15) is 9.59 Å². The molecule has 0 saturated carbocycles. The number of aliphatic imine (C=N–C) groups is 1. The second-order valence-electron chi connectivity index (χ2n) is 12.1. The number of carbonyl (C=O) groups is 2. The predicted octanol–water partition coefficient (Wildman–Crippen LogP) is 5.88. The van der Waals surface area contributed by atoms with Gasteiger partial charge in [-0.3, -0.25) is 14.6 Å². The molecule has 2 N–H and O–H groups in total. The Balaban J connectivity index is 1.16. The van der Waals surface area contributed by atoms with Crippen LogP contribution in [0.5, 0.6) is 0 Å². The van der Waals surface area contributed by atoms with Crippen molar-refractivity contribution in [3.8, 4) is 11.4 Å². The number of hydrogen-bond acceptors (Lipinski definition) is 6. The lowest BCUT2D eigenvalue weighted by molar-refractivity contribution is 0.0948. The molecule has 0 bridgehead atoms. The van der Waals surface area contributed by atoms with E-state index >= 15 is 0 Å². The molecule has 1 amide bonds. The molecule has 6 rings (SSSR count). The quantitative estimate of drug-likeness (QED) is 0.189. The third-order valence-corrected chi connectivity index (χ3v) is 8.06. The number of benzene rings is 4. The van der Waals surface area contributed by atoms with Crippen molar-refractivity contribution < 1.29 is 9.59 Å². The largest absolute Gasteiger partial charge is 0.351 e. The number of likely N-dealkylation sites (N-methyl/N-ethyl adjacent to an activating group) is 1. The number of rotatable bonds is 11. The molecule has 0 saturated heterocycles. The normalized spacial score (nSPS) is 12.7. The van der Waals surface area contributed by atoms with E-state index in [-0.39, 0.29) is 11.7 Å². The summed E-state index contributed by atoms with van der Waals surface area (Å²) in [6, 6.07) is 24.2. The van der Waals surface area contributed by atoms with Crippen molar-refractivity contribution in [2.75, 3.05) is 47.8 Å². The number of amides is 1. The van der Waals surface area contributed by atoms with Crippen LogP contribution in [0.25, 0.3) is 33.2 Å². The Kier molecular flexibility index (Phi) is 8.37. The van der Waals surface area contributed by atoms with Crippen LogP contribution in [0.4, 0.5) is 5.69 Å². The van der Waals surface area contributed by atoms with Crippen LogP contribution in [0.2, 0.25) is 0 Å². The Hall–Kier alpha value is -4.66. The van der Waals surface area contributed by atoms with Crippen molar-refractivity contribution in [1.82, 2.24) is 25.1 Å². The molecule has 224 valence electrons. The van der Waals surface area contributed by atoms with Gasteiger partial charge in [0.25, 0.3) is 5.91 Å². The molecule has 0 radical (unpaired) electrons. The number of hydrogen-bond donors (Lipinski definition) is 2. The van der Waals surface area contributed by atoms with Crippen LogP contribution in [0.3, 0.4) is 0 Å². The zero-order valence-corrected chi connectivity index (χ0v) is 25.8.